The number of nitrogens with zero attached hydrogens (tertiary/aromatic N) is 2. The van der Waals surface area contributed by atoms with Crippen LogP contribution < -0.4 is 0 Å². The third kappa shape index (κ3) is 3.44. The number of aromatic nitrogens is 2. The van der Waals surface area contributed by atoms with Crippen LogP contribution in [0.1, 0.15) is 30.9 Å². The number of thioether (sulfide) groups is 1. The highest BCUT2D eigenvalue weighted by Crippen LogP contribution is 2.26. The Morgan fingerprint density at radius 1 is 1.32 bits per heavy atom. The number of carboxylic acids is 1. The maximum atomic E-state index is 11.0. The van der Waals surface area contributed by atoms with Gasteiger partial charge in [-0.1, -0.05) is 32.0 Å². The largest absolute Gasteiger partial charge is 0.475 e. The summed E-state index contributed by atoms with van der Waals surface area (Å²) in [4.78, 5) is 19.2. The molecule has 1 aromatic heterocycles. The van der Waals surface area contributed by atoms with E-state index in [4.69, 9.17) is 5.11 Å². The average molecular weight is 276 g/mol. The minimum absolute atomic E-state index is 0.134. The van der Waals surface area contributed by atoms with Crippen molar-refractivity contribution in [2.45, 2.75) is 25.3 Å². The van der Waals surface area contributed by atoms with Crippen LogP contribution in [0, 0.1) is 5.92 Å². The number of carboxylic acid groups (broad SMARTS) is 1. The molecule has 0 atom stereocenters. The van der Waals surface area contributed by atoms with E-state index in [1.165, 1.54) is 0 Å². The first kappa shape index (κ1) is 13.8. The zero-order valence-corrected chi connectivity index (χ0v) is 11.8. The number of benzene rings is 1. The first-order valence-corrected chi connectivity index (χ1v) is 7.19. The number of hydrogen-bond acceptors (Lipinski definition) is 4. The van der Waals surface area contributed by atoms with E-state index in [2.05, 4.69) is 23.8 Å². The molecule has 2 rings (SSSR count). The molecule has 0 aliphatic rings. The smallest absolute Gasteiger partial charge is 0.373 e. The fourth-order valence-corrected chi connectivity index (χ4v) is 2.91. The Morgan fingerprint density at radius 3 is 2.74 bits per heavy atom. The summed E-state index contributed by atoms with van der Waals surface area (Å²) in [7, 11) is 0. The van der Waals surface area contributed by atoms with Gasteiger partial charge in [0.05, 0.1) is 5.52 Å². The molecule has 1 aromatic carbocycles. The third-order valence-electron chi connectivity index (χ3n) is 2.69. The summed E-state index contributed by atoms with van der Waals surface area (Å²) in [5.74, 6) is 0.333. The van der Waals surface area contributed by atoms with Crippen LogP contribution in [-0.2, 0) is 0 Å². The van der Waals surface area contributed by atoms with Crippen LogP contribution >= 0.6 is 11.8 Å². The summed E-state index contributed by atoms with van der Waals surface area (Å²) in [6.45, 7) is 4.34. The van der Waals surface area contributed by atoms with Gasteiger partial charge in [-0.3, -0.25) is 0 Å². The van der Waals surface area contributed by atoms with Crippen molar-refractivity contribution in [3.63, 3.8) is 0 Å². The number of hydrogen-bond donors (Lipinski definition) is 1. The summed E-state index contributed by atoms with van der Waals surface area (Å²) < 4.78 is 0. The standard InChI is InChI=1S/C14H16N2O2S/c1-9(2)7-8-19-13-10-5-3-4-6-11(10)15-12(16-13)14(17)18/h3-6,9H,7-8H2,1-2H3,(H,17,18). The lowest BCUT2D eigenvalue weighted by atomic mass is 10.2. The van der Waals surface area contributed by atoms with Crippen molar-refractivity contribution in [3.05, 3.63) is 30.1 Å². The lowest BCUT2D eigenvalue weighted by Crippen LogP contribution is -2.05. The molecule has 0 bridgehead atoms. The molecular weight excluding hydrogens is 260 g/mol. The molecule has 5 heteroatoms. The Morgan fingerprint density at radius 2 is 2.05 bits per heavy atom. The Balaban J connectivity index is 2.36. The van der Waals surface area contributed by atoms with Crippen molar-refractivity contribution in [1.82, 2.24) is 9.97 Å². The number of rotatable bonds is 5. The minimum atomic E-state index is -1.09. The SMILES string of the molecule is CC(C)CCSc1nc(C(=O)O)nc2ccccc12. The van der Waals surface area contributed by atoms with E-state index in [9.17, 15) is 4.79 Å². The fourth-order valence-electron chi connectivity index (χ4n) is 1.64. The van der Waals surface area contributed by atoms with Gasteiger partial charge in [-0.15, -0.1) is 11.8 Å². The van der Waals surface area contributed by atoms with Gasteiger partial charge in [-0.05, 0) is 24.2 Å². The first-order chi connectivity index (χ1) is 9.08. The second kappa shape index (κ2) is 6.02. The molecule has 0 fully saturated rings. The maximum absolute atomic E-state index is 11.0. The zero-order chi connectivity index (χ0) is 13.8. The van der Waals surface area contributed by atoms with E-state index >= 15 is 0 Å². The van der Waals surface area contributed by atoms with Crippen LogP contribution in [0.5, 0.6) is 0 Å². The minimum Gasteiger partial charge on any atom is -0.475 e. The van der Waals surface area contributed by atoms with Crippen LogP contribution in [0.2, 0.25) is 0 Å². The Kier molecular flexibility index (Phi) is 4.37. The average Bonchev–Trinajstić information content (AvgIpc) is 2.38. The zero-order valence-electron chi connectivity index (χ0n) is 11.0. The third-order valence-corrected chi connectivity index (χ3v) is 3.72. The molecule has 0 saturated heterocycles. The molecule has 0 spiro atoms. The molecule has 1 heterocycles. The molecule has 1 N–H and O–H groups in total. The Hall–Kier alpha value is -1.62. The highest BCUT2D eigenvalue weighted by Gasteiger charge is 2.12. The number of aromatic carboxylic acids is 1. The predicted octanol–water partition coefficient (Wildman–Crippen LogP) is 3.47. The molecule has 19 heavy (non-hydrogen) atoms. The molecule has 0 amide bonds. The number of carbonyl (C=O) groups is 1. The molecule has 2 aromatic rings. The quantitative estimate of drug-likeness (QED) is 0.669. The molecular formula is C14H16N2O2S. The Labute approximate surface area is 116 Å². The van der Waals surface area contributed by atoms with Gasteiger partial charge in [-0.2, -0.15) is 0 Å². The van der Waals surface area contributed by atoms with E-state index in [0.717, 1.165) is 22.6 Å². The van der Waals surface area contributed by atoms with Crippen LogP contribution in [0.15, 0.2) is 29.3 Å². The van der Waals surface area contributed by atoms with Gasteiger partial charge in [0.25, 0.3) is 0 Å². The van der Waals surface area contributed by atoms with Crippen molar-refractivity contribution in [2.75, 3.05) is 5.75 Å². The second-order valence-electron chi connectivity index (χ2n) is 4.71. The molecule has 0 aliphatic carbocycles. The summed E-state index contributed by atoms with van der Waals surface area (Å²) in [6.07, 6.45) is 1.07. The van der Waals surface area contributed by atoms with Crippen LogP contribution in [0.4, 0.5) is 0 Å². The van der Waals surface area contributed by atoms with Crippen LogP contribution in [-0.4, -0.2) is 26.8 Å². The number of fused-ring (bicyclic) bond motifs is 1. The van der Waals surface area contributed by atoms with Crippen molar-refractivity contribution < 1.29 is 9.90 Å². The number of para-hydroxylation sites is 1. The van der Waals surface area contributed by atoms with Gasteiger partial charge in [-0.25, -0.2) is 14.8 Å². The predicted molar refractivity (Wildman–Crippen MR) is 76.7 cm³/mol. The monoisotopic (exact) mass is 276 g/mol. The second-order valence-corrected chi connectivity index (χ2v) is 5.79. The summed E-state index contributed by atoms with van der Waals surface area (Å²) in [5.41, 5.74) is 0.682. The summed E-state index contributed by atoms with van der Waals surface area (Å²) in [5, 5.41) is 10.7. The van der Waals surface area contributed by atoms with E-state index < -0.39 is 5.97 Å². The molecule has 100 valence electrons. The molecule has 0 saturated carbocycles. The molecule has 0 unspecified atom stereocenters. The first-order valence-electron chi connectivity index (χ1n) is 6.21. The summed E-state index contributed by atoms with van der Waals surface area (Å²) in [6, 6.07) is 7.51. The highest BCUT2D eigenvalue weighted by molar-refractivity contribution is 7.99. The lowest BCUT2D eigenvalue weighted by Gasteiger charge is -2.07. The summed E-state index contributed by atoms with van der Waals surface area (Å²) >= 11 is 1.60. The van der Waals surface area contributed by atoms with Crippen molar-refractivity contribution in [1.29, 1.82) is 0 Å². The van der Waals surface area contributed by atoms with Gasteiger partial charge >= 0.3 is 5.97 Å². The van der Waals surface area contributed by atoms with Crippen molar-refractivity contribution in [3.8, 4) is 0 Å². The van der Waals surface area contributed by atoms with Crippen LogP contribution in [0.25, 0.3) is 10.9 Å². The highest BCUT2D eigenvalue weighted by atomic mass is 32.2. The molecule has 0 aliphatic heterocycles. The normalized spacial score (nSPS) is 11.1. The lowest BCUT2D eigenvalue weighted by molar-refractivity contribution is 0.0683. The van der Waals surface area contributed by atoms with Gasteiger partial charge in [0.1, 0.15) is 5.03 Å². The fraction of sp³-hybridized carbons (Fsp3) is 0.357. The van der Waals surface area contributed by atoms with Crippen molar-refractivity contribution >= 4 is 28.6 Å². The van der Waals surface area contributed by atoms with Crippen molar-refractivity contribution in [2.24, 2.45) is 5.92 Å². The van der Waals surface area contributed by atoms with E-state index in [-0.39, 0.29) is 5.82 Å². The Bertz CT molecular complexity index is 599. The van der Waals surface area contributed by atoms with Gasteiger partial charge in [0.15, 0.2) is 0 Å². The van der Waals surface area contributed by atoms with E-state index in [1.807, 2.05) is 24.3 Å². The van der Waals surface area contributed by atoms with Gasteiger partial charge in [0, 0.05) is 5.39 Å². The molecule has 0 radical (unpaired) electrons. The van der Waals surface area contributed by atoms with E-state index in [1.54, 1.807) is 11.8 Å². The van der Waals surface area contributed by atoms with Gasteiger partial charge in [0.2, 0.25) is 5.82 Å². The maximum Gasteiger partial charge on any atom is 0.373 e. The van der Waals surface area contributed by atoms with E-state index in [0.29, 0.717) is 11.4 Å². The van der Waals surface area contributed by atoms with Crippen LogP contribution in [0.3, 0.4) is 0 Å². The topological polar surface area (TPSA) is 63.1 Å². The molecule has 4 nitrogen and oxygen atoms in total. The van der Waals surface area contributed by atoms with Gasteiger partial charge < -0.3 is 5.11 Å².